The minimum Gasteiger partial charge on any atom is -0.497 e. The second-order valence-electron chi connectivity index (χ2n) is 5.26. The van der Waals surface area contributed by atoms with Gasteiger partial charge in [0, 0.05) is 12.1 Å². The summed E-state index contributed by atoms with van der Waals surface area (Å²) in [6.07, 6.45) is 0. The van der Waals surface area contributed by atoms with Crippen molar-refractivity contribution in [1.82, 2.24) is 20.1 Å². The summed E-state index contributed by atoms with van der Waals surface area (Å²) in [6.45, 7) is 4.39. The number of nitrogens with zero attached hydrogens (tertiary/aromatic N) is 3. The van der Waals surface area contributed by atoms with Crippen molar-refractivity contribution in [2.75, 3.05) is 12.9 Å². The number of hydrogen-bond acceptors (Lipinski definition) is 6. The number of nitrogens with two attached hydrogens (primary N) is 1. The quantitative estimate of drug-likeness (QED) is 0.685. The van der Waals surface area contributed by atoms with Crippen LogP contribution in [0, 0.1) is 0 Å². The molecular formula is C16H21N5O3S. The second-order valence-corrected chi connectivity index (χ2v) is 6.21. The lowest BCUT2D eigenvalue weighted by molar-refractivity contribution is -0.115. The van der Waals surface area contributed by atoms with Crippen LogP contribution < -0.4 is 15.8 Å². The summed E-state index contributed by atoms with van der Waals surface area (Å²) in [5, 5.41) is 11.7. The van der Waals surface area contributed by atoms with Gasteiger partial charge >= 0.3 is 0 Å². The van der Waals surface area contributed by atoms with Crippen LogP contribution in [0.2, 0.25) is 0 Å². The first kappa shape index (κ1) is 18.8. The molecule has 9 heteroatoms. The first-order valence-corrected chi connectivity index (χ1v) is 8.74. The molecule has 3 N–H and O–H groups in total. The highest BCUT2D eigenvalue weighted by atomic mass is 32.2. The fourth-order valence-corrected chi connectivity index (χ4v) is 3.00. The number of nitrogens with one attached hydrogen (secondary N) is 1. The van der Waals surface area contributed by atoms with E-state index in [4.69, 9.17) is 10.5 Å². The van der Waals surface area contributed by atoms with E-state index >= 15 is 0 Å². The number of carbonyl (C=O) groups excluding carboxylic acids is 2. The Morgan fingerprint density at radius 2 is 2.00 bits per heavy atom. The number of hydrogen-bond donors (Lipinski definition) is 2. The highest BCUT2D eigenvalue weighted by Gasteiger charge is 2.20. The van der Waals surface area contributed by atoms with Crippen LogP contribution in [0.5, 0.6) is 5.75 Å². The Morgan fingerprint density at radius 3 is 2.56 bits per heavy atom. The van der Waals surface area contributed by atoms with E-state index in [-0.39, 0.29) is 17.7 Å². The molecule has 134 valence electrons. The van der Waals surface area contributed by atoms with E-state index in [9.17, 15) is 9.59 Å². The van der Waals surface area contributed by atoms with Gasteiger partial charge in [0.15, 0.2) is 11.0 Å². The Morgan fingerprint density at radius 1 is 1.32 bits per heavy atom. The molecule has 1 aromatic heterocycles. The summed E-state index contributed by atoms with van der Waals surface area (Å²) in [4.78, 5) is 23.3. The van der Waals surface area contributed by atoms with Gasteiger partial charge in [-0.3, -0.25) is 9.59 Å². The Hall–Kier alpha value is -2.55. The number of ether oxygens (including phenoxy) is 1. The van der Waals surface area contributed by atoms with Gasteiger partial charge in [0.1, 0.15) is 5.75 Å². The van der Waals surface area contributed by atoms with Gasteiger partial charge in [0.05, 0.1) is 18.9 Å². The number of benzene rings is 1. The van der Waals surface area contributed by atoms with Gasteiger partial charge in [-0.05, 0) is 38.1 Å². The SMILES string of the molecule is CCn1c(SCC(N)=O)nnc1C(C)NC(=O)c1ccc(OC)cc1. The zero-order valence-corrected chi connectivity index (χ0v) is 15.2. The van der Waals surface area contributed by atoms with Crippen LogP contribution >= 0.6 is 11.8 Å². The van der Waals surface area contributed by atoms with Crippen LogP contribution in [-0.4, -0.2) is 39.4 Å². The summed E-state index contributed by atoms with van der Waals surface area (Å²) >= 11 is 1.23. The summed E-state index contributed by atoms with van der Waals surface area (Å²) in [7, 11) is 1.57. The zero-order chi connectivity index (χ0) is 18.4. The Balaban J connectivity index is 2.10. The molecule has 1 unspecified atom stereocenters. The van der Waals surface area contributed by atoms with Crippen molar-refractivity contribution in [2.24, 2.45) is 5.73 Å². The molecule has 1 atom stereocenters. The van der Waals surface area contributed by atoms with Crippen LogP contribution in [0.1, 0.15) is 36.1 Å². The molecule has 0 bridgehead atoms. The summed E-state index contributed by atoms with van der Waals surface area (Å²) < 4.78 is 6.94. The number of primary amides is 1. The molecule has 1 heterocycles. The lowest BCUT2D eigenvalue weighted by Crippen LogP contribution is -2.28. The molecule has 25 heavy (non-hydrogen) atoms. The first-order valence-electron chi connectivity index (χ1n) is 7.75. The van der Waals surface area contributed by atoms with E-state index in [0.717, 1.165) is 0 Å². The van der Waals surface area contributed by atoms with Crippen LogP contribution in [0.3, 0.4) is 0 Å². The van der Waals surface area contributed by atoms with E-state index in [1.165, 1.54) is 11.8 Å². The third-order valence-electron chi connectivity index (χ3n) is 3.49. The number of amides is 2. The average Bonchev–Trinajstić information content (AvgIpc) is 3.02. The van der Waals surface area contributed by atoms with Crippen LogP contribution in [0.25, 0.3) is 0 Å². The molecule has 2 rings (SSSR count). The van der Waals surface area contributed by atoms with E-state index in [0.29, 0.717) is 28.8 Å². The molecule has 2 amide bonds. The zero-order valence-electron chi connectivity index (χ0n) is 14.4. The van der Waals surface area contributed by atoms with E-state index in [1.807, 2.05) is 18.4 Å². The monoisotopic (exact) mass is 363 g/mol. The second kappa shape index (κ2) is 8.52. The smallest absolute Gasteiger partial charge is 0.251 e. The molecular weight excluding hydrogens is 342 g/mol. The molecule has 8 nitrogen and oxygen atoms in total. The largest absolute Gasteiger partial charge is 0.497 e. The minimum absolute atomic E-state index is 0.130. The lowest BCUT2D eigenvalue weighted by atomic mass is 10.2. The van der Waals surface area contributed by atoms with Crippen LogP contribution in [0.15, 0.2) is 29.4 Å². The predicted molar refractivity (Wildman–Crippen MR) is 94.5 cm³/mol. The number of aromatic nitrogens is 3. The molecule has 0 aliphatic carbocycles. The van der Waals surface area contributed by atoms with Gasteiger partial charge in [-0.15, -0.1) is 10.2 Å². The average molecular weight is 363 g/mol. The molecule has 0 aliphatic rings. The highest BCUT2D eigenvalue weighted by molar-refractivity contribution is 7.99. The van der Waals surface area contributed by atoms with E-state index in [1.54, 1.807) is 31.4 Å². The molecule has 0 saturated heterocycles. The maximum absolute atomic E-state index is 12.4. The number of methoxy groups -OCH3 is 1. The number of rotatable bonds is 8. The molecule has 2 aromatic rings. The number of thioether (sulfide) groups is 1. The standard InChI is InChI=1S/C16H21N5O3S/c1-4-21-14(19-20-16(21)25-9-13(17)22)10(2)18-15(23)11-5-7-12(24-3)8-6-11/h5-8,10H,4,9H2,1-3H3,(H2,17,22)(H,18,23). The van der Waals surface area contributed by atoms with E-state index < -0.39 is 5.91 Å². The third-order valence-corrected chi connectivity index (χ3v) is 4.48. The molecule has 0 radical (unpaired) electrons. The van der Waals surface area contributed by atoms with Gasteiger partial charge in [-0.25, -0.2) is 0 Å². The summed E-state index contributed by atoms with van der Waals surface area (Å²) in [6, 6.07) is 6.50. The van der Waals surface area contributed by atoms with E-state index in [2.05, 4.69) is 15.5 Å². The van der Waals surface area contributed by atoms with Crippen molar-refractivity contribution in [3.8, 4) is 5.75 Å². The van der Waals surface area contributed by atoms with Crippen LogP contribution in [-0.2, 0) is 11.3 Å². The van der Waals surface area contributed by atoms with Crippen molar-refractivity contribution in [1.29, 1.82) is 0 Å². The minimum atomic E-state index is -0.418. The Labute approximate surface area is 150 Å². The van der Waals surface area contributed by atoms with Crippen molar-refractivity contribution in [2.45, 2.75) is 31.6 Å². The Bertz CT molecular complexity index is 745. The van der Waals surface area contributed by atoms with Crippen molar-refractivity contribution in [3.05, 3.63) is 35.7 Å². The fourth-order valence-electron chi connectivity index (χ4n) is 2.25. The maximum Gasteiger partial charge on any atom is 0.251 e. The van der Waals surface area contributed by atoms with Gasteiger partial charge in [-0.2, -0.15) is 0 Å². The molecule has 0 saturated carbocycles. The normalized spacial score (nSPS) is 11.8. The van der Waals surface area contributed by atoms with Crippen molar-refractivity contribution >= 4 is 23.6 Å². The van der Waals surface area contributed by atoms with Crippen molar-refractivity contribution in [3.63, 3.8) is 0 Å². The van der Waals surface area contributed by atoms with Crippen molar-refractivity contribution < 1.29 is 14.3 Å². The highest BCUT2D eigenvalue weighted by Crippen LogP contribution is 2.20. The number of carbonyl (C=O) groups is 2. The lowest BCUT2D eigenvalue weighted by Gasteiger charge is -2.15. The van der Waals surface area contributed by atoms with Gasteiger partial charge in [0.2, 0.25) is 5.91 Å². The summed E-state index contributed by atoms with van der Waals surface area (Å²) in [5.41, 5.74) is 5.69. The Kier molecular flexibility index (Phi) is 6.40. The molecule has 1 aromatic carbocycles. The first-order chi connectivity index (χ1) is 12.0. The fraction of sp³-hybridized carbons (Fsp3) is 0.375. The van der Waals surface area contributed by atoms with Crippen LogP contribution in [0.4, 0.5) is 0 Å². The topological polar surface area (TPSA) is 112 Å². The molecule has 0 spiro atoms. The third kappa shape index (κ3) is 4.72. The summed E-state index contributed by atoms with van der Waals surface area (Å²) in [5.74, 6) is 0.804. The molecule has 0 aliphatic heterocycles. The van der Waals surface area contributed by atoms with Gasteiger partial charge in [-0.1, -0.05) is 11.8 Å². The maximum atomic E-state index is 12.4. The van der Waals surface area contributed by atoms with Gasteiger partial charge < -0.3 is 20.4 Å². The van der Waals surface area contributed by atoms with Gasteiger partial charge in [0.25, 0.3) is 5.91 Å². The molecule has 0 fully saturated rings. The predicted octanol–water partition coefficient (Wildman–Crippen LogP) is 1.37.